The van der Waals surface area contributed by atoms with E-state index in [2.05, 4.69) is 15.9 Å². The molecular formula is C13H12BrF5O. The summed E-state index contributed by atoms with van der Waals surface area (Å²) < 4.78 is 69.3. The van der Waals surface area contributed by atoms with E-state index in [0.717, 1.165) is 12.1 Å². The number of alkyl halides is 6. The molecule has 0 aromatic heterocycles. The lowest BCUT2D eigenvalue weighted by molar-refractivity contribution is -0.289. The first-order valence-corrected chi connectivity index (χ1v) is 6.78. The Hall–Kier alpha value is -0.850. The molecule has 0 fully saturated rings. The van der Waals surface area contributed by atoms with E-state index in [4.69, 9.17) is 4.74 Å². The van der Waals surface area contributed by atoms with Crippen LogP contribution in [0.5, 0.6) is 5.75 Å². The van der Waals surface area contributed by atoms with Crippen molar-refractivity contribution in [1.82, 2.24) is 0 Å². The summed E-state index contributed by atoms with van der Waals surface area (Å²) in [6.45, 7) is 3.63. The van der Waals surface area contributed by atoms with Crippen LogP contribution in [0.4, 0.5) is 22.0 Å². The maximum Gasteiger partial charge on any atom is 0.458 e. The standard InChI is InChI=1S/C13H12BrF5O/c1-11(2)10(14)6-7-5-8(3-4-9(7)20-11)12(15,16)13(17,18)19/h3-5,10H,6H2,1-2H3. The van der Waals surface area contributed by atoms with Crippen molar-refractivity contribution in [1.29, 1.82) is 0 Å². The second kappa shape index (κ2) is 4.58. The van der Waals surface area contributed by atoms with Crippen molar-refractivity contribution in [3.63, 3.8) is 0 Å². The molecule has 1 aromatic rings. The van der Waals surface area contributed by atoms with Crippen molar-refractivity contribution in [2.24, 2.45) is 0 Å². The van der Waals surface area contributed by atoms with Gasteiger partial charge in [0.15, 0.2) is 0 Å². The smallest absolute Gasteiger partial charge is 0.458 e. The van der Waals surface area contributed by atoms with E-state index in [9.17, 15) is 22.0 Å². The average molecular weight is 359 g/mol. The molecule has 0 spiro atoms. The number of halogens is 6. The normalized spacial score (nSPS) is 22.1. The van der Waals surface area contributed by atoms with Gasteiger partial charge in [-0.3, -0.25) is 0 Å². The van der Waals surface area contributed by atoms with Crippen LogP contribution in [0.15, 0.2) is 18.2 Å². The molecule has 2 rings (SSSR count). The minimum atomic E-state index is -5.61. The minimum absolute atomic E-state index is 0.169. The van der Waals surface area contributed by atoms with Crippen molar-refractivity contribution in [3.05, 3.63) is 29.3 Å². The predicted molar refractivity (Wildman–Crippen MR) is 67.5 cm³/mol. The molecule has 0 saturated carbocycles. The average Bonchev–Trinajstić information content (AvgIpc) is 2.28. The molecule has 0 saturated heterocycles. The van der Waals surface area contributed by atoms with Gasteiger partial charge in [0.25, 0.3) is 0 Å². The van der Waals surface area contributed by atoms with Crippen LogP contribution in [0, 0.1) is 0 Å². The Balaban J connectivity index is 2.42. The van der Waals surface area contributed by atoms with Crippen molar-refractivity contribution in [2.75, 3.05) is 0 Å². The van der Waals surface area contributed by atoms with Crippen LogP contribution in [0.2, 0.25) is 0 Å². The number of fused-ring (bicyclic) bond motifs is 1. The van der Waals surface area contributed by atoms with Gasteiger partial charge in [0.1, 0.15) is 11.4 Å². The molecule has 1 nitrogen and oxygen atoms in total. The molecule has 0 radical (unpaired) electrons. The Morgan fingerprint density at radius 2 is 1.80 bits per heavy atom. The van der Waals surface area contributed by atoms with Crippen molar-refractivity contribution in [2.45, 2.75) is 42.8 Å². The molecule has 1 aliphatic heterocycles. The largest absolute Gasteiger partial charge is 0.486 e. The van der Waals surface area contributed by atoms with Crippen LogP contribution in [0.3, 0.4) is 0 Å². The molecule has 0 aliphatic carbocycles. The van der Waals surface area contributed by atoms with E-state index in [1.165, 1.54) is 6.07 Å². The minimum Gasteiger partial charge on any atom is -0.486 e. The Morgan fingerprint density at radius 1 is 1.20 bits per heavy atom. The highest BCUT2D eigenvalue weighted by Gasteiger charge is 2.58. The molecule has 0 N–H and O–H groups in total. The molecule has 112 valence electrons. The van der Waals surface area contributed by atoms with Crippen molar-refractivity contribution in [3.8, 4) is 5.75 Å². The van der Waals surface area contributed by atoms with E-state index < -0.39 is 23.3 Å². The number of hydrogen-bond acceptors (Lipinski definition) is 1. The first-order chi connectivity index (χ1) is 8.95. The molecule has 7 heteroatoms. The van der Waals surface area contributed by atoms with E-state index in [-0.39, 0.29) is 4.83 Å². The Kier molecular flexibility index (Phi) is 3.56. The lowest BCUT2D eigenvalue weighted by Gasteiger charge is -2.37. The highest BCUT2D eigenvalue weighted by atomic mass is 79.9. The Bertz CT molecular complexity index is 524. The van der Waals surface area contributed by atoms with Gasteiger partial charge in [0.05, 0.1) is 4.83 Å². The molecule has 1 aliphatic rings. The number of rotatable bonds is 1. The first-order valence-electron chi connectivity index (χ1n) is 5.86. The zero-order valence-electron chi connectivity index (χ0n) is 10.7. The zero-order valence-corrected chi connectivity index (χ0v) is 12.3. The number of ether oxygens (including phenoxy) is 1. The van der Waals surface area contributed by atoms with E-state index in [1.54, 1.807) is 0 Å². The van der Waals surface area contributed by atoms with Gasteiger partial charge in [-0.2, -0.15) is 22.0 Å². The van der Waals surface area contributed by atoms with Crippen molar-refractivity contribution >= 4 is 15.9 Å². The van der Waals surface area contributed by atoms with E-state index >= 15 is 0 Å². The Labute approximate surface area is 121 Å². The second-order valence-electron chi connectivity index (χ2n) is 5.27. The van der Waals surface area contributed by atoms with Crippen LogP contribution in [0.25, 0.3) is 0 Å². The van der Waals surface area contributed by atoms with Crippen LogP contribution in [0.1, 0.15) is 25.0 Å². The quantitative estimate of drug-likeness (QED) is 0.516. The summed E-state index contributed by atoms with van der Waals surface area (Å²) >= 11 is 3.36. The third kappa shape index (κ3) is 2.52. The molecule has 20 heavy (non-hydrogen) atoms. The highest BCUT2D eigenvalue weighted by molar-refractivity contribution is 9.09. The third-order valence-electron chi connectivity index (χ3n) is 3.31. The van der Waals surface area contributed by atoms with Gasteiger partial charge >= 0.3 is 12.1 Å². The third-order valence-corrected chi connectivity index (χ3v) is 4.73. The van der Waals surface area contributed by atoms with Crippen molar-refractivity contribution < 1.29 is 26.7 Å². The fourth-order valence-electron chi connectivity index (χ4n) is 1.98. The SMILES string of the molecule is CC1(C)Oc2ccc(C(F)(F)C(F)(F)F)cc2CC1Br. The maximum atomic E-state index is 13.3. The summed E-state index contributed by atoms with van der Waals surface area (Å²) in [5.74, 6) is -4.52. The Morgan fingerprint density at radius 3 is 2.35 bits per heavy atom. The van der Waals surface area contributed by atoms with Crippen LogP contribution < -0.4 is 4.74 Å². The summed E-state index contributed by atoms with van der Waals surface area (Å²) in [5, 5.41) is 0. The monoisotopic (exact) mass is 358 g/mol. The van der Waals surface area contributed by atoms with E-state index in [1.807, 2.05) is 13.8 Å². The van der Waals surface area contributed by atoms with E-state index in [0.29, 0.717) is 17.7 Å². The van der Waals surface area contributed by atoms with Gasteiger partial charge in [-0.25, -0.2) is 0 Å². The fourth-order valence-corrected chi connectivity index (χ4v) is 2.43. The predicted octanol–water partition coefficient (Wildman–Crippen LogP) is 4.82. The van der Waals surface area contributed by atoms with Gasteiger partial charge in [-0.15, -0.1) is 0 Å². The lowest BCUT2D eigenvalue weighted by atomic mass is 9.92. The molecular weight excluding hydrogens is 347 g/mol. The maximum absolute atomic E-state index is 13.3. The van der Waals surface area contributed by atoms with Gasteiger partial charge in [0.2, 0.25) is 0 Å². The molecule has 1 heterocycles. The highest BCUT2D eigenvalue weighted by Crippen LogP contribution is 2.46. The summed E-state index contributed by atoms with van der Waals surface area (Å²) in [4.78, 5) is -0.169. The van der Waals surface area contributed by atoms with Crippen LogP contribution >= 0.6 is 15.9 Å². The topological polar surface area (TPSA) is 9.23 Å². The second-order valence-corrected chi connectivity index (χ2v) is 6.38. The molecule has 1 aromatic carbocycles. The van der Waals surface area contributed by atoms with Gasteiger partial charge in [-0.05, 0) is 44.0 Å². The van der Waals surface area contributed by atoms with Gasteiger partial charge < -0.3 is 4.74 Å². The van der Waals surface area contributed by atoms with Gasteiger partial charge in [0, 0.05) is 5.56 Å². The number of hydrogen-bond donors (Lipinski definition) is 0. The molecule has 0 amide bonds. The molecule has 1 atom stereocenters. The lowest BCUT2D eigenvalue weighted by Crippen LogP contribution is -2.43. The van der Waals surface area contributed by atoms with Crippen LogP contribution in [-0.2, 0) is 12.3 Å². The first kappa shape index (κ1) is 15.5. The summed E-state index contributed by atoms with van der Waals surface area (Å²) in [6, 6.07) is 2.80. The molecule has 0 bridgehead atoms. The summed E-state index contributed by atoms with van der Waals surface area (Å²) in [5.41, 5.74) is -1.28. The fraction of sp³-hybridized carbons (Fsp3) is 0.538. The summed E-state index contributed by atoms with van der Waals surface area (Å²) in [7, 11) is 0. The zero-order chi connectivity index (χ0) is 15.3. The van der Waals surface area contributed by atoms with Crippen LogP contribution in [-0.4, -0.2) is 16.6 Å². The summed E-state index contributed by atoms with van der Waals surface area (Å²) in [6.07, 6.45) is -5.28. The molecule has 1 unspecified atom stereocenters. The number of benzene rings is 1. The van der Waals surface area contributed by atoms with Gasteiger partial charge in [-0.1, -0.05) is 15.9 Å².